The number of benzene rings is 2. The standard InChI is InChI=1S/C17H19NO2/c1-3-11-18-17(19)14-5-4-6-16(12-14)20-15-9-7-13(2)8-10-15/h4-10,12H,3,11H2,1-2H3,(H,18,19). The molecule has 20 heavy (non-hydrogen) atoms. The van der Waals surface area contributed by atoms with Crippen molar-refractivity contribution in [2.24, 2.45) is 0 Å². The van der Waals surface area contributed by atoms with Gasteiger partial charge in [-0.2, -0.15) is 0 Å². The molecule has 104 valence electrons. The highest BCUT2D eigenvalue weighted by atomic mass is 16.5. The molecule has 1 amide bonds. The molecule has 0 bridgehead atoms. The van der Waals surface area contributed by atoms with Gasteiger partial charge in [-0.3, -0.25) is 4.79 Å². The fourth-order valence-corrected chi connectivity index (χ4v) is 1.78. The maximum absolute atomic E-state index is 11.9. The van der Waals surface area contributed by atoms with Gasteiger partial charge in [-0.25, -0.2) is 0 Å². The first-order valence-electron chi connectivity index (χ1n) is 6.82. The minimum Gasteiger partial charge on any atom is -0.457 e. The number of hydrogen-bond acceptors (Lipinski definition) is 2. The Kier molecular flexibility index (Phi) is 4.77. The summed E-state index contributed by atoms with van der Waals surface area (Å²) in [6, 6.07) is 15.0. The Morgan fingerprint density at radius 3 is 2.55 bits per heavy atom. The Bertz CT molecular complexity index is 576. The highest BCUT2D eigenvalue weighted by Gasteiger charge is 2.06. The first-order valence-corrected chi connectivity index (χ1v) is 6.82. The number of nitrogens with one attached hydrogen (secondary N) is 1. The van der Waals surface area contributed by atoms with E-state index in [9.17, 15) is 4.79 Å². The summed E-state index contributed by atoms with van der Waals surface area (Å²) in [7, 11) is 0. The molecule has 2 rings (SSSR count). The first-order chi connectivity index (χ1) is 9.69. The summed E-state index contributed by atoms with van der Waals surface area (Å²) < 4.78 is 5.75. The van der Waals surface area contributed by atoms with Gasteiger partial charge in [0.1, 0.15) is 11.5 Å². The molecule has 2 aromatic carbocycles. The molecule has 3 heteroatoms. The summed E-state index contributed by atoms with van der Waals surface area (Å²) in [5.41, 5.74) is 1.80. The predicted octanol–water partition coefficient (Wildman–Crippen LogP) is 3.93. The third-order valence-corrected chi connectivity index (χ3v) is 2.89. The molecule has 0 fully saturated rings. The molecule has 0 atom stereocenters. The van der Waals surface area contributed by atoms with E-state index in [1.54, 1.807) is 12.1 Å². The average Bonchev–Trinajstić information content (AvgIpc) is 2.47. The van der Waals surface area contributed by atoms with Crippen LogP contribution in [0.4, 0.5) is 0 Å². The average molecular weight is 269 g/mol. The van der Waals surface area contributed by atoms with Crippen molar-refractivity contribution >= 4 is 5.91 Å². The van der Waals surface area contributed by atoms with Crippen molar-refractivity contribution in [1.82, 2.24) is 5.32 Å². The van der Waals surface area contributed by atoms with E-state index in [1.165, 1.54) is 5.56 Å². The Morgan fingerprint density at radius 1 is 1.10 bits per heavy atom. The van der Waals surface area contributed by atoms with Crippen molar-refractivity contribution in [3.8, 4) is 11.5 Å². The van der Waals surface area contributed by atoms with Crippen LogP contribution in [-0.2, 0) is 0 Å². The van der Waals surface area contributed by atoms with Gasteiger partial charge in [0.05, 0.1) is 0 Å². The third kappa shape index (κ3) is 3.85. The first kappa shape index (κ1) is 14.1. The van der Waals surface area contributed by atoms with E-state index in [2.05, 4.69) is 5.32 Å². The molecule has 0 radical (unpaired) electrons. The van der Waals surface area contributed by atoms with E-state index in [1.807, 2.05) is 50.2 Å². The summed E-state index contributed by atoms with van der Waals surface area (Å²) in [6.07, 6.45) is 0.922. The van der Waals surface area contributed by atoms with Crippen LogP contribution in [0.2, 0.25) is 0 Å². The van der Waals surface area contributed by atoms with Crippen LogP contribution in [0.1, 0.15) is 29.3 Å². The van der Waals surface area contributed by atoms with Crippen molar-refractivity contribution in [1.29, 1.82) is 0 Å². The van der Waals surface area contributed by atoms with Gasteiger partial charge in [0.25, 0.3) is 5.91 Å². The zero-order valence-electron chi connectivity index (χ0n) is 11.8. The second-order valence-electron chi connectivity index (χ2n) is 4.70. The Morgan fingerprint density at radius 2 is 1.85 bits per heavy atom. The van der Waals surface area contributed by atoms with Gasteiger partial charge in [-0.05, 0) is 43.7 Å². The van der Waals surface area contributed by atoms with Crippen LogP contribution in [0.15, 0.2) is 48.5 Å². The molecule has 0 heterocycles. The number of ether oxygens (including phenoxy) is 1. The normalized spacial score (nSPS) is 10.1. The topological polar surface area (TPSA) is 38.3 Å². The van der Waals surface area contributed by atoms with Crippen LogP contribution in [-0.4, -0.2) is 12.5 Å². The van der Waals surface area contributed by atoms with Crippen molar-refractivity contribution < 1.29 is 9.53 Å². The number of carbonyl (C=O) groups is 1. The molecule has 0 aliphatic heterocycles. The number of rotatable bonds is 5. The van der Waals surface area contributed by atoms with E-state index in [0.717, 1.165) is 12.2 Å². The lowest BCUT2D eigenvalue weighted by Crippen LogP contribution is -2.23. The molecule has 0 aliphatic carbocycles. The zero-order chi connectivity index (χ0) is 14.4. The molecule has 2 aromatic rings. The molecule has 1 N–H and O–H groups in total. The maximum Gasteiger partial charge on any atom is 0.251 e. The zero-order valence-corrected chi connectivity index (χ0v) is 11.8. The van der Waals surface area contributed by atoms with Crippen molar-refractivity contribution in [3.63, 3.8) is 0 Å². The molecule has 0 saturated heterocycles. The molecule has 0 saturated carbocycles. The van der Waals surface area contributed by atoms with Gasteiger partial charge in [0, 0.05) is 12.1 Å². The van der Waals surface area contributed by atoms with Gasteiger partial charge in [0.2, 0.25) is 0 Å². The van der Waals surface area contributed by atoms with E-state index in [4.69, 9.17) is 4.74 Å². The predicted molar refractivity (Wildman–Crippen MR) is 80.3 cm³/mol. The monoisotopic (exact) mass is 269 g/mol. The number of aryl methyl sites for hydroxylation is 1. The fraction of sp³-hybridized carbons (Fsp3) is 0.235. The molecular formula is C17H19NO2. The minimum absolute atomic E-state index is 0.0683. The minimum atomic E-state index is -0.0683. The van der Waals surface area contributed by atoms with Crippen LogP contribution >= 0.6 is 0 Å². The van der Waals surface area contributed by atoms with Crippen molar-refractivity contribution in [2.75, 3.05) is 6.54 Å². The SMILES string of the molecule is CCCNC(=O)c1cccc(Oc2ccc(C)cc2)c1. The van der Waals surface area contributed by atoms with Crippen molar-refractivity contribution in [2.45, 2.75) is 20.3 Å². The highest BCUT2D eigenvalue weighted by Crippen LogP contribution is 2.22. The van der Waals surface area contributed by atoms with E-state index in [0.29, 0.717) is 17.9 Å². The molecule has 0 unspecified atom stereocenters. The lowest BCUT2D eigenvalue weighted by Gasteiger charge is -2.08. The van der Waals surface area contributed by atoms with Crippen LogP contribution in [0.5, 0.6) is 11.5 Å². The van der Waals surface area contributed by atoms with E-state index < -0.39 is 0 Å². The maximum atomic E-state index is 11.9. The number of carbonyl (C=O) groups excluding carboxylic acids is 1. The van der Waals surface area contributed by atoms with Crippen LogP contribution in [0.25, 0.3) is 0 Å². The van der Waals surface area contributed by atoms with Gasteiger partial charge in [-0.1, -0.05) is 30.7 Å². The Labute approximate surface area is 119 Å². The molecule has 3 nitrogen and oxygen atoms in total. The molecule has 0 aliphatic rings. The van der Waals surface area contributed by atoms with E-state index in [-0.39, 0.29) is 5.91 Å². The largest absolute Gasteiger partial charge is 0.457 e. The number of amides is 1. The quantitative estimate of drug-likeness (QED) is 0.893. The lowest BCUT2D eigenvalue weighted by atomic mass is 10.2. The van der Waals surface area contributed by atoms with Crippen molar-refractivity contribution in [3.05, 3.63) is 59.7 Å². The Hall–Kier alpha value is -2.29. The molecule has 0 spiro atoms. The molecule has 0 aromatic heterocycles. The van der Waals surface area contributed by atoms with Gasteiger partial charge < -0.3 is 10.1 Å². The molecular weight excluding hydrogens is 250 g/mol. The summed E-state index contributed by atoms with van der Waals surface area (Å²) in [4.78, 5) is 11.9. The van der Waals surface area contributed by atoms with Gasteiger partial charge in [0.15, 0.2) is 0 Å². The van der Waals surface area contributed by atoms with Crippen LogP contribution in [0.3, 0.4) is 0 Å². The summed E-state index contributed by atoms with van der Waals surface area (Å²) >= 11 is 0. The van der Waals surface area contributed by atoms with E-state index >= 15 is 0 Å². The van der Waals surface area contributed by atoms with Gasteiger partial charge in [-0.15, -0.1) is 0 Å². The van der Waals surface area contributed by atoms with Gasteiger partial charge >= 0.3 is 0 Å². The highest BCUT2D eigenvalue weighted by molar-refractivity contribution is 5.94. The third-order valence-electron chi connectivity index (χ3n) is 2.89. The second kappa shape index (κ2) is 6.75. The fourth-order valence-electron chi connectivity index (χ4n) is 1.78. The lowest BCUT2D eigenvalue weighted by molar-refractivity contribution is 0.0953. The summed E-state index contributed by atoms with van der Waals surface area (Å²) in [6.45, 7) is 4.74. The second-order valence-corrected chi connectivity index (χ2v) is 4.70. The van der Waals surface area contributed by atoms with Crippen LogP contribution < -0.4 is 10.1 Å². The van der Waals surface area contributed by atoms with Crippen LogP contribution in [0, 0.1) is 6.92 Å². The number of hydrogen-bond donors (Lipinski definition) is 1. The smallest absolute Gasteiger partial charge is 0.251 e. The summed E-state index contributed by atoms with van der Waals surface area (Å²) in [5.74, 6) is 1.36. The summed E-state index contributed by atoms with van der Waals surface area (Å²) in [5, 5.41) is 2.85. The Balaban J connectivity index is 2.09.